The molecule has 0 unspecified atom stereocenters. The minimum atomic E-state index is -0.0665. The van der Waals surface area contributed by atoms with E-state index in [1.54, 1.807) is 0 Å². The number of rotatable bonds is 3. The minimum Gasteiger partial charge on any atom is -0.298 e. The van der Waals surface area contributed by atoms with Crippen molar-refractivity contribution in [2.45, 2.75) is 31.1 Å². The molecule has 0 bridgehead atoms. The Bertz CT molecular complexity index is 358. The Morgan fingerprint density at radius 1 is 1.20 bits per heavy atom. The normalized spacial score (nSPS) is 18.7. The van der Waals surface area contributed by atoms with E-state index < -0.39 is 0 Å². The summed E-state index contributed by atoms with van der Waals surface area (Å²) in [6.45, 7) is 3.94. The van der Waals surface area contributed by atoms with Crippen molar-refractivity contribution in [1.29, 1.82) is 0 Å². The lowest BCUT2D eigenvalue weighted by Crippen LogP contribution is -2.25. The van der Waals surface area contributed by atoms with Gasteiger partial charge < -0.3 is 0 Å². The quantitative estimate of drug-likeness (QED) is 0.540. The van der Waals surface area contributed by atoms with Crippen LogP contribution in [0.4, 0.5) is 0 Å². The van der Waals surface area contributed by atoms with Crippen LogP contribution in [0.15, 0.2) is 42.5 Å². The van der Waals surface area contributed by atoms with Gasteiger partial charge in [0.25, 0.3) is 0 Å². The summed E-state index contributed by atoms with van der Waals surface area (Å²) in [4.78, 5) is 11.0. The van der Waals surface area contributed by atoms with Crippen LogP contribution in [0.3, 0.4) is 0 Å². The Morgan fingerprint density at radius 2 is 1.80 bits per heavy atom. The first-order valence-electron chi connectivity index (χ1n) is 5.50. The van der Waals surface area contributed by atoms with Gasteiger partial charge in [0.2, 0.25) is 0 Å². The van der Waals surface area contributed by atoms with Crippen LogP contribution in [-0.2, 0) is 10.2 Å². The van der Waals surface area contributed by atoms with Gasteiger partial charge in [0, 0.05) is 5.41 Å². The second-order valence-corrected chi connectivity index (χ2v) is 4.30. The van der Waals surface area contributed by atoms with Gasteiger partial charge in [0.05, 0.1) is 0 Å². The summed E-state index contributed by atoms with van der Waals surface area (Å²) in [6, 6.07) is 10.3. The van der Waals surface area contributed by atoms with Crippen LogP contribution in [-0.4, -0.2) is 6.29 Å². The first-order valence-corrected chi connectivity index (χ1v) is 5.50. The predicted molar refractivity (Wildman–Crippen MR) is 61.8 cm³/mol. The molecule has 0 saturated heterocycles. The number of allylic oxidation sites excluding steroid dienone is 1. The lowest BCUT2D eigenvalue weighted by molar-refractivity contribution is -0.105. The molecule has 0 radical (unpaired) electrons. The third kappa shape index (κ3) is 1.63. The zero-order valence-electron chi connectivity index (χ0n) is 8.91. The molecule has 0 heterocycles. The van der Waals surface area contributed by atoms with E-state index in [2.05, 4.69) is 18.7 Å². The molecular weight excluding hydrogens is 184 g/mol. The summed E-state index contributed by atoms with van der Waals surface area (Å²) < 4.78 is 0. The third-order valence-corrected chi connectivity index (χ3v) is 3.54. The zero-order valence-corrected chi connectivity index (χ0v) is 8.91. The Hall–Kier alpha value is -1.37. The van der Waals surface area contributed by atoms with Crippen molar-refractivity contribution in [1.82, 2.24) is 0 Å². The van der Waals surface area contributed by atoms with E-state index in [9.17, 15) is 4.79 Å². The molecule has 2 rings (SSSR count). The van der Waals surface area contributed by atoms with E-state index in [0.29, 0.717) is 0 Å². The zero-order chi connectivity index (χ0) is 10.7. The fourth-order valence-electron chi connectivity index (χ4n) is 2.64. The minimum absolute atomic E-state index is 0.0665. The monoisotopic (exact) mass is 200 g/mol. The van der Waals surface area contributed by atoms with Crippen LogP contribution in [0.25, 0.3) is 0 Å². The summed E-state index contributed by atoms with van der Waals surface area (Å²) in [5.41, 5.74) is 1.93. The maximum absolute atomic E-state index is 11.0. The molecule has 1 aliphatic carbocycles. The van der Waals surface area contributed by atoms with Crippen LogP contribution in [0.5, 0.6) is 0 Å². The molecule has 0 atom stereocenters. The summed E-state index contributed by atoms with van der Waals surface area (Å²) in [5, 5.41) is 0. The van der Waals surface area contributed by atoms with Gasteiger partial charge >= 0.3 is 0 Å². The molecule has 15 heavy (non-hydrogen) atoms. The molecule has 1 heteroatoms. The van der Waals surface area contributed by atoms with E-state index in [1.165, 1.54) is 18.4 Å². The second kappa shape index (κ2) is 4.01. The summed E-state index contributed by atoms with van der Waals surface area (Å²) in [6.07, 6.45) is 5.45. The van der Waals surface area contributed by atoms with E-state index in [-0.39, 0.29) is 5.41 Å². The maximum atomic E-state index is 11.0. The van der Waals surface area contributed by atoms with Crippen LogP contribution >= 0.6 is 0 Å². The van der Waals surface area contributed by atoms with E-state index >= 15 is 0 Å². The molecule has 0 N–H and O–H groups in total. The fourth-order valence-corrected chi connectivity index (χ4v) is 2.64. The predicted octanol–water partition coefficient (Wildman–Crippen LogP) is 3.25. The SMILES string of the molecule is C=C(C=O)C1(c2ccccc2)CCCC1. The van der Waals surface area contributed by atoms with Crippen LogP contribution in [0.1, 0.15) is 31.2 Å². The highest BCUT2D eigenvalue weighted by Gasteiger charge is 2.37. The van der Waals surface area contributed by atoms with Gasteiger partial charge in [0.15, 0.2) is 0 Å². The van der Waals surface area contributed by atoms with Crippen molar-refractivity contribution in [3.63, 3.8) is 0 Å². The first kappa shape index (κ1) is 10.2. The van der Waals surface area contributed by atoms with Crippen molar-refractivity contribution >= 4 is 6.29 Å². The average molecular weight is 200 g/mol. The molecule has 0 amide bonds. The largest absolute Gasteiger partial charge is 0.298 e. The Kier molecular flexibility index (Phi) is 2.72. The lowest BCUT2D eigenvalue weighted by Gasteiger charge is -2.29. The number of hydrogen-bond acceptors (Lipinski definition) is 1. The lowest BCUT2D eigenvalue weighted by atomic mass is 9.74. The molecule has 1 aliphatic rings. The van der Waals surface area contributed by atoms with Gasteiger partial charge in [-0.1, -0.05) is 49.8 Å². The highest BCUT2D eigenvalue weighted by atomic mass is 16.1. The first-order chi connectivity index (χ1) is 7.29. The van der Waals surface area contributed by atoms with Gasteiger partial charge in [-0.25, -0.2) is 0 Å². The van der Waals surface area contributed by atoms with Crippen LogP contribution < -0.4 is 0 Å². The van der Waals surface area contributed by atoms with Crippen molar-refractivity contribution in [3.05, 3.63) is 48.0 Å². The van der Waals surface area contributed by atoms with Gasteiger partial charge in [-0.15, -0.1) is 0 Å². The van der Waals surface area contributed by atoms with Crippen LogP contribution in [0.2, 0.25) is 0 Å². The summed E-state index contributed by atoms with van der Waals surface area (Å²) in [7, 11) is 0. The van der Waals surface area contributed by atoms with Crippen LogP contribution in [0, 0.1) is 0 Å². The number of carbonyl (C=O) groups is 1. The van der Waals surface area contributed by atoms with Crippen molar-refractivity contribution in [2.75, 3.05) is 0 Å². The standard InChI is InChI=1S/C14H16O/c1-12(11-15)14(9-5-6-10-14)13-7-3-2-4-8-13/h2-4,7-8,11H,1,5-6,9-10H2. The van der Waals surface area contributed by atoms with Gasteiger partial charge in [-0.05, 0) is 24.0 Å². The van der Waals surface area contributed by atoms with Gasteiger partial charge in [-0.2, -0.15) is 0 Å². The average Bonchev–Trinajstić information content (AvgIpc) is 2.79. The number of carbonyl (C=O) groups excluding carboxylic acids is 1. The van der Waals surface area contributed by atoms with E-state index in [4.69, 9.17) is 0 Å². The number of aldehydes is 1. The third-order valence-electron chi connectivity index (χ3n) is 3.54. The fraction of sp³-hybridized carbons (Fsp3) is 0.357. The molecule has 78 valence electrons. The molecule has 0 aromatic heterocycles. The smallest absolute Gasteiger partial charge is 0.146 e. The highest BCUT2D eigenvalue weighted by Crippen LogP contribution is 2.45. The van der Waals surface area contributed by atoms with Crippen molar-refractivity contribution < 1.29 is 4.79 Å². The molecule has 0 aliphatic heterocycles. The molecule has 0 spiro atoms. The Morgan fingerprint density at radius 3 is 2.33 bits per heavy atom. The number of benzene rings is 1. The molecular formula is C14H16O. The van der Waals surface area contributed by atoms with Crippen molar-refractivity contribution in [3.8, 4) is 0 Å². The highest BCUT2D eigenvalue weighted by molar-refractivity contribution is 5.77. The molecule has 1 fully saturated rings. The van der Waals surface area contributed by atoms with E-state index in [0.717, 1.165) is 24.7 Å². The molecule has 1 nitrogen and oxygen atoms in total. The summed E-state index contributed by atoms with van der Waals surface area (Å²) in [5.74, 6) is 0. The Balaban J connectivity index is 2.43. The Labute approximate surface area is 90.8 Å². The topological polar surface area (TPSA) is 17.1 Å². The molecule has 1 saturated carbocycles. The number of hydrogen-bond donors (Lipinski definition) is 0. The molecule has 1 aromatic carbocycles. The summed E-state index contributed by atoms with van der Waals surface area (Å²) >= 11 is 0. The van der Waals surface area contributed by atoms with Crippen molar-refractivity contribution in [2.24, 2.45) is 0 Å². The molecule has 1 aromatic rings. The second-order valence-electron chi connectivity index (χ2n) is 4.30. The van der Waals surface area contributed by atoms with Gasteiger partial charge in [0.1, 0.15) is 6.29 Å². The maximum Gasteiger partial charge on any atom is 0.146 e. The van der Waals surface area contributed by atoms with Gasteiger partial charge in [-0.3, -0.25) is 4.79 Å². The van der Waals surface area contributed by atoms with E-state index in [1.807, 2.05) is 18.2 Å².